The summed E-state index contributed by atoms with van der Waals surface area (Å²) >= 11 is 0. The standard InChI is InChI=1S/C26H26N4O/c1-19-15-30(18-27-19)22-10-9-21-17-29(14-13-28(21)16-22)24-11-12-26(24)31-25-8-4-6-20-5-2-3-7-23(20)25/h2-10,15-18,24,26H,11-14H2,1H3. The molecule has 0 radical (unpaired) electrons. The predicted octanol–water partition coefficient (Wildman–Crippen LogP) is 4.78. The highest BCUT2D eigenvalue weighted by atomic mass is 16.5. The molecule has 156 valence electrons. The summed E-state index contributed by atoms with van der Waals surface area (Å²) in [7, 11) is 0. The van der Waals surface area contributed by atoms with Gasteiger partial charge in [-0.05, 0) is 43.4 Å². The second-order valence-electron chi connectivity index (χ2n) is 8.57. The Bertz CT molecular complexity index is 1220. The van der Waals surface area contributed by atoms with E-state index in [0.717, 1.165) is 36.7 Å². The van der Waals surface area contributed by atoms with Gasteiger partial charge in [0.15, 0.2) is 0 Å². The molecule has 2 aromatic carbocycles. The normalized spacial score (nSPS) is 22.6. The summed E-state index contributed by atoms with van der Waals surface area (Å²) < 4.78 is 8.60. The van der Waals surface area contributed by atoms with E-state index in [4.69, 9.17) is 4.74 Å². The molecule has 5 heteroatoms. The Morgan fingerprint density at radius 1 is 0.935 bits per heavy atom. The number of fused-ring (bicyclic) bond motifs is 2. The van der Waals surface area contributed by atoms with E-state index in [0.29, 0.717) is 6.04 Å². The molecular formula is C26H26N4O. The van der Waals surface area contributed by atoms with Crippen LogP contribution in [-0.4, -0.2) is 44.6 Å². The zero-order valence-corrected chi connectivity index (χ0v) is 17.7. The van der Waals surface area contributed by atoms with Crippen LogP contribution in [0.15, 0.2) is 85.2 Å². The third kappa shape index (κ3) is 3.30. The van der Waals surface area contributed by atoms with Gasteiger partial charge in [-0.1, -0.05) is 36.4 Å². The molecule has 0 bridgehead atoms. The van der Waals surface area contributed by atoms with E-state index >= 15 is 0 Å². The molecule has 2 unspecified atom stereocenters. The molecule has 1 fully saturated rings. The second kappa shape index (κ2) is 7.34. The van der Waals surface area contributed by atoms with Gasteiger partial charge in [-0.25, -0.2) is 4.98 Å². The summed E-state index contributed by atoms with van der Waals surface area (Å²) in [5, 5.41) is 2.43. The number of allylic oxidation sites excluding steroid dienone is 3. The average Bonchev–Trinajstić information content (AvgIpc) is 3.22. The van der Waals surface area contributed by atoms with Crippen molar-refractivity contribution in [3.63, 3.8) is 0 Å². The molecule has 2 aliphatic heterocycles. The zero-order chi connectivity index (χ0) is 20.8. The van der Waals surface area contributed by atoms with Gasteiger partial charge in [0.1, 0.15) is 11.9 Å². The SMILES string of the molecule is Cc1cn(C2=CN3CCN(C4CCC4Oc4cccc5ccccc45)C=C3C=C2)cn1. The number of nitrogens with zero attached hydrogens (tertiary/aromatic N) is 4. The molecule has 6 rings (SSSR count). The smallest absolute Gasteiger partial charge is 0.127 e. The van der Waals surface area contributed by atoms with Gasteiger partial charge in [0, 0.05) is 37.1 Å². The van der Waals surface area contributed by atoms with Gasteiger partial charge in [0.25, 0.3) is 0 Å². The minimum atomic E-state index is 0.238. The largest absolute Gasteiger partial charge is 0.488 e. The number of hydrogen-bond acceptors (Lipinski definition) is 4. The fourth-order valence-electron chi connectivity index (χ4n) is 4.72. The summed E-state index contributed by atoms with van der Waals surface area (Å²) in [5.41, 5.74) is 3.41. The molecule has 5 nitrogen and oxygen atoms in total. The third-order valence-electron chi connectivity index (χ3n) is 6.58. The van der Waals surface area contributed by atoms with Gasteiger partial charge < -0.3 is 19.1 Å². The van der Waals surface area contributed by atoms with Gasteiger partial charge in [-0.3, -0.25) is 0 Å². The number of rotatable bonds is 4. The Hall–Kier alpha value is -3.47. The highest BCUT2D eigenvalue weighted by molar-refractivity contribution is 5.88. The van der Waals surface area contributed by atoms with Crippen LogP contribution in [0.4, 0.5) is 0 Å². The second-order valence-corrected chi connectivity index (χ2v) is 8.57. The lowest BCUT2D eigenvalue weighted by molar-refractivity contribution is 0.0129. The molecule has 31 heavy (non-hydrogen) atoms. The molecule has 0 N–H and O–H groups in total. The molecule has 3 aromatic rings. The predicted molar refractivity (Wildman–Crippen MR) is 123 cm³/mol. The highest BCUT2D eigenvalue weighted by Crippen LogP contribution is 2.35. The van der Waals surface area contributed by atoms with Crippen molar-refractivity contribution in [3.05, 3.63) is 90.9 Å². The number of aryl methyl sites for hydroxylation is 1. The van der Waals surface area contributed by atoms with E-state index in [-0.39, 0.29) is 6.10 Å². The highest BCUT2D eigenvalue weighted by Gasteiger charge is 2.38. The lowest BCUT2D eigenvalue weighted by Gasteiger charge is -2.47. The van der Waals surface area contributed by atoms with Crippen LogP contribution in [0.5, 0.6) is 5.75 Å². The lowest BCUT2D eigenvalue weighted by Crippen LogP contribution is -2.54. The van der Waals surface area contributed by atoms with Crippen molar-refractivity contribution in [1.82, 2.24) is 19.4 Å². The first-order valence-corrected chi connectivity index (χ1v) is 11.0. The first-order valence-electron chi connectivity index (χ1n) is 11.0. The summed E-state index contributed by atoms with van der Waals surface area (Å²) in [6.07, 6.45) is 15.3. The van der Waals surface area contributed by atoms with Gasteiger partial charge in [0.05, 0.1) is 29.5 Å². The molecule has 0 saturated heterocycles. The quantitative estimate of drug-likeness (QED) is 0.620. The molecule has 3 heterocycles. The van der Waals surface area contributed by atoms with E-state index in [1.54, 1.807) is 0 Å². The Balaban J connectivity index is 1.18. The minimum absolute atomic E-state index is 0.238. The molecule has 0 spiro atoms. The fraction of sp³-hybridized carbons (Fsp3) is 0.269. The monoisotopic (exact) mass is 410 g/mol. The summed E-state index contributed by atoms with van der Waals surface area (Å²) in [5.74, 6) is 1.000. The number of aromatic nitrogens is 2. The van der Waals surface area contributed by atoms with Crippen molar-refractivity contribution in [2.45, 2.75) is 31.9 Å². The van der Waals surface area contributed by atoms with Crippen molar-refractivity contribution < 1.29 is 4.74 Å². The van der Waals surface area contributed by atoms with Crippen molar-refractivity contribution in [3.8, 4) is 5.75 Å². The van der Waals surface area contributed by atoms with Crippen LogP contribution in [0.3, 0.4) is 0 Å². The van der Waals surface area contributed by atoms with Gasteiger partial charge in [-0.15, -0.1) is 0 Å². The Kier molecular flexibility index (Phi) is 4.34. The van der Waals surface area contributed by atoms with Crippen LogP contribution in [0.1, 0.15) is 18.5 Å². The van der Waals surface area contributed by atoms with E-state index in [1.165, 1.54) is 22.9 Å². The van der Waals surface area contributed by atoms with E-state index < -0.39 is 0 Å². The molecule has 2 atom stereocenters. The summed E-state index contributed by atoms with van der Waals surface area (Å²) in [4.78, 5) is 9.16. The third-order valence-corrected chi connectivity index (χ3v) is 6.58. The maximum Gasteiger partial charge on any atom is 0.127 e. The van der Waals surface area contributed by atoms with Crippen molar-refractivity contribution in [1.29, 1.82) is 0 Å². The number of ether oxygens (including phenoxy) is 1. The first kappa shape index (κ1) is 18.3. The van der Waals surface area contributed by atoms with Crippen LogP contribution in [0.2, 0.25) is 0 Å². The van der Waals surface area contributed by atoms with E-state index in [9.17, 15) is 0 Å². The molecule has 1 saturated carbocycles. The molecule has 1 aromatic heterocycles. The van der Waals surface area contributed by atoms with Gasteiger partial charge in [-0.2, -0.15) is 0 Å². The fourth-order valence-corrected chi connectivity index (χ4v) is 4.72. The van der Waals surface area contributed by atoms with E-state index in [2.05, 4.69) is 92.6 Å². The molecular weight excluding hydrogens is 384 g/mol. The zero-order valence-electron chi connectivity index (χ0n) is 17.7. The topological polar surface area (TPSA) is 33.5 Å². The number of imidazole rings is 1. The number of benzene rings is 2. The maximum absolute atomic E-state index is 6.52. The summed E-state index contributed by atoms with van der Waals surface area (Å²) in [6.45, 7) is 4.00. The van der Waals surface area contributed by atoms with Crippen LogP contribution in [-0.2, 0) is 0 Å². The Morgan fingerprint density at radius 2 is 1.81 bits per heavy atom. The van der Waals surface area contributed by atoms with E-state index in [1.807, 2.05) is 13.3 Å². The molecule has 1 aliphatic carbocycles. The maximum atomic E-state index is 6.52. The van der Waals surface area contributed by atoms with Gasteiger partial charge in [0.2, 0.25) is 0 Å². The molecule has 0 amide bonds. The van der Waals surface area contributed by atoms with Crippen LogP contribution in [0, 0.1) is 6.92 Å². The minimum Gasteiger partial charge on any atom is -0.488 e. The Morgan fingerprint density at radius 3 is 2.65 bits per heavy atom. The van der Waals surface area contributed by atoms with Crippen LogP contribution in [0.25, 0.3) is 16.5 Å². The van der Waals surface area contributed by atoms with Crippen LogP contribution >= 0.6 is 0 Å². The Labute approximate surface area is 182 Å². The first-order chi connectivity index (χ1) is 15.2. The van der Waals surface area contributed by atoms with Crippen molar-refractivity contribution in [2.24, 2.45) is 0 Å². The van der Waals surface area contributed by atoms with Crippen molar-refractivity contribution in [2.75, 3.05) is 13.1 Å². The van der Waals surface area contributed by atoms with Crippen molar-refractivity contribution >= 4 is 16.5 Å². The molecule has 3 aliphatic rings. The number of hydrogen-bond donors (Lipinski definition) is 0. The van der Waals surface area contributed by atoms with Crippen LogP contribution < -0.4 is 4.74 Å². The summed E-state index contributed by atoms with van der Waals surface area (Å²) in [6, 6.07) is 15.2. The lowest BCUT2D eigenvalue weighted by atomic mass is 9.87. The average molecular weight is 411 g/mol. The van der Waals surface area contributed by atoms with Gasteiger partial charge >= 0.3 is 0 Å².